The first-order chi connectivity index (χ1) is 13.1. The van der Waals surface area contributed by atoms with Gasteiger partial charge in [-0.15, -0.1) is 0 Å². The lowest BCUT2D eigenvalue weighted by Crippen LogP contribution is -2.30. The Hall–Kier alpha value is -3.09. The summed E-state index contributed by atoms with van der Waals surface area (Å²) < 4.78 is 21.2. The number of hydrogen-bond donors (Lipinski definition) is 2. The molecule has 0 atom stereocenters. The zero-order valence-corrected chi connectivity index (χ0v) is 16.5. The monoisotopic (exact) mass is 373 g/mol. The fourth-order valence-electron chi connectivity index (χ4n) is 2.51. The highest BCUT2D eigenvalue weighted by Gasteiger charge is 2.07. The third-order valence-corrected chi connectivity index (χ3v) is 3.86. The minimum atomic E-state index is 0.489. The number of anilines is 1. The van der Waals surface area contributed by atoms with Crippen LogP contribution in [0.1, 0.15) is 12.5 Å². The van der Waals surface area contributed by atoms with Crippen molar-refractivity contribution >= 4 is 11.6 Å². The van der Waals surface area contributed by atoms with Gasteiger partial charge in [-0.2, -0.15) is 0 Å². The average molecular weight is 373 g/mol. The van der Waals surface area contributed by atoms with Gasteiger partial charge < -0.3 is 29.6 Å². The lowest BCUT2D eigenvalue weighted by molar-refractivity contribution is 0.354. The van der Waals surface area contributed by atoms with E-state index in [1.54, 1.807) is 28.4 Å². The zero-order valence-electron chi connectivity index (χ0n) is 16.5. The van der Waals surface area contributed by atoms with Crippen LogP contribution in [0.3, 0.4) is 0 Å². The number of rotatable bonds is 8. The number of aliphatic imine (C=N–C) groups is 1. The predicted molar refractivity (Wildman–Crippen MR) is 108 cm³/mol. The SMILES string of the molecule is CCNC(=NCc1ccc(OC)c(OC)c1)Nc1ccc(OC)c(OC)c1. The van der Waals surface area contributed by atoms with E-state index in [1.807, 2.05) is 43.3 Å². The Labute approximate surface area is 160 Å². The van der Waals surface area contributed by atoms with E-state index < -0.39 is 0 Å². The summed E-state index contributed by atoms with van der Waals surface area (Å²) in [5.41, 5.74) is 1.86. The van der Waals surface area contributed by atoms with Crippen molar-refractivity contribution in [3.05, 3.63) is 42.0 Å². The van der Waals surface area contributed by atoms with Crippen LogP contribution in [0.4, 0.5) is 5.69 Å². The van der Waals surface area contributed by atoms with E-state index in [9.17, 15) is 0 Å². The molecular formula is C20H27N3O4. The van der Waals surface area contributed by atoms with Crippen LogP contribution in [-0.2, 0) is 6.54 Å². The van der Waals surface area contributed by atoms with Gasteiger partial charge in [0.25, 0.3) is 0 Å². The summed E-state index contributed by atoms with van der Waals surface area (Å²) in [6.45, 7) is 3.25. The van der Waals surface area contributed by atoms with Crippen LogP contribution in [0.2, 0.25) is 0 Å². The number of nitrogens with one attached hydrogen (secondary N) is 2. The first kappa shape index (κ1) is 20.2. The van der Waals surface area contributed by atoms with E-state index in [1.165, 1.54) is 0 Å². The summed E-state index contributed by atoms with van der Waals surface area (Å²) >= 11 is 0. The van der Waals surface area contributed by atoms with Gasteiger partial charge in [0.2, 0.25) is 0 Å². The maximum Gasteiger partial charge on any atom is 0.196 e. The van der Waals surface area contributed by atoms with Crippen molar-refractivity contribution in [2.45, 2.75) is 13.5 Å². The first-order valence-electron chi connectivity index (χ1n) is 8.63. The number of nitrogens with zero attached hydrogens (tertiary/aromatic N) is 1. The second-order valence-electron chi connectivity index (χ2n) is 5.58. The van der Waals surface area contributed by atoms with Gasteiger partial charge in [-0.05, 0) is 36.8 Å². The Morgan fingerprint density at radius 3 is 2.00 bits per heavy atom. The second-order valence-corrected chi connectivity index (χ2v) is 5.58. The van der Waals surface area contributed by atoms with Crippen LogP contribution < -0.4 is 29.6 Å². The van der Waals surface area contributed by atoms with Gasteiger partial charge in [0.05, 0.1) is 35.0 Å². The van der Waals surface area contributed by atoms with Gasteiger partial charge in [-0.3, -0.25) is 0 Å². The van der Waals surface area contributed by atoms with Crippen LogP contribution in [0, 0.1) is 0 Å². The van der Waals surface area contributed by atoms with E-state index >= 15 is 0 Å². The van der Waals surface area contributed by atoms with Crippen LogP contribution in [0.5, 0.6) is 23.0 Å². The number of methoxy groups -OCH3 is 4. The molecule has 0 aliphatic carbocycles. The number of guanidine groups is 1. The van der Waals surface area contributed by atoms with Crippen LogP contribution in [0.25, 0.3) is 0 Å². The lowest BCUT2D eigenvalue weighted by Gasteiger charge is -2.14. The molecule has 0 aromatic heterocycles. The van der Waals surface area contributed by atoms with Gasteiger partial charge in [-0.1, -0.05) is 6.07 Å². The number of hydrogen-bond acceptors (Lipinski definition) is 5. The zero-order chi connectivity index (χ0) is 19.6. The fourth-order valence-corrected chi connectivity index (χ4v) is 2.51. The maximum atomic E-state index is 5.34. The summed E-state index contributed by atoms with van der Waals surface area (Å²) in [7, 11) is 6.46. The molecule has 0 saturated heterocycles. The third kappa shape index (κ3) is 5.44. The minimum absolute atomic E-state index is 0.489. The molecule has 2 aromatic rings. The molecule has 7 heteroatoms. The molecule has 2 rings (SSSR count). The quantitative estimate of drug-likeness (QED) is 0.546. The maximum absolute atomic E-state index is 5.34. The van der Waals surface area contributed by atoms with Crippen molar-refractivity contribution < 1.29 is 18.9 Å². The molecule has 0 aliphatic rings. The number of benzene rings is 2. The molecule has 0 amide bonds. The van der Waals surface area contributed by atoms with Gasteiger partial charge >= 0.3 is 0 Å². The Morgan fingerprint density at radius 2 is 1.41 bits per heavy atom. The summed E-state index contributed by atoms with van der Waals surface area (Å²) in [6.07, 6.45) is 0. The van der Waals surface area contributed by atoms with Gasteiger partial charge in [0, 0.05) is 18.3 Å². The van der Waals surface area contributed by atoms with Gasteiger partial charge in [-0.25, -0.2) is 4.99 Å². The molecule has 0 saturated carbocycles. The van der Waals surface area contributed by atoms with Gasteiger partial charge in [0.15, 0.2) is 29.0 Å². The van der Waals surface area contributed by atoms with Crippen molar-refractivity contribution in [3.63, 3.8) is 0 Å². The van der Waals surface area contributed by atoms with Crippen molar-refractivity contribution in [1.82, 2.24) is 5.32 Å². The highest BCUT2D eigenvalue weighted by atomic mass is 16.5. The first-order valence-corrected chi connectivity index (χ1v) is 8.63. The smallest absolute Gasteiger partial charge is 0.196 e. The standard InChI is InChI=1S/C20H27N3O4/c1-6-21-20(23-15-8-10-17(25-3)19(12-15)27-5)22-13-14-7-9-16(24-2)18(11-14)26-4/h7-12H,6,13H2,1-5H3,(H2,21,22,23). The van der Waals surface area contributed by atoms with Crippen LogP contribution in [-0.4, -0.2) is 40.9 Å². The molecule has 146 valence electrons. The Balaban J connectivity index is 2.17. The fraction of sp³-hybridized carbons (Fsp3) is 0.350. The summed E-state index contributed by atoms with van der Waals surface area (Å²) in [5, 5.41) is 6.50. The molecule has 0 unspecified atom stereocenters. The highest BCUT2D eigenvalue weighted by Crippen LogP contribution is 2.30. The lowest BCUT2D eigenvalue weighted by atomic mass is 10.2. The van der Waals surface area contributed by atoms with Crippen molar-refractivity contribution in [2.75, 3.05) is 40.3 Å². The van der Waals surface area contributed by atoms with Crippen molar-refractivity contribution in [1.29, 1.82) is 0 Å². The van der Waals surface area contributed by atoms with E-state index in [-0.39, 0.29) is 0 Å². The summed E-state index contributed by atoms with van der Waals surface area (Å²) in [6, 6.07) is 11.4. The summed E-state index contributed by atoms with van der Waals surface area (Å²) in [4.78, 5) is 4.63. The minimum Gasteiger partial charge on any atom is -0.493 e. The molecule has 2 N–H and O–H groups in total. The molecule has 0 spiro atoms. The highest BCUT2D eigenvalue weighted by molar-refractivity contribution is 5.93. The Morgan fingerprint density at radius 1 is 0.815 bits per heavy atom. The van der Waals surface area contributed by atoms with E-state index in [0.29, 0.717) is 35.5 Å². The Kier molecular flexibility index (Phi) is 7.61. The average Bonchev–Trinajstić information content (AvgIpc) is 2.71. The van der Waals surface area contributed by atoms with Crippen LogP contribution in [0.15, 0.2) is 41.4 Å². The molecular weight excluding hydrogens is 346 g/mol. The molecule has 0 aliphatic heterocycles. The Bertz CT molecular complexity index is 778. The molecule has 27 heavy (non-hydrogen) atoms. The normalized spacial score (nSPS) is 10.9. The molecule has 0 fully saturated rings. The molecule has 0 radical (unpaired) electrons. The predicted octanol–water partition coefficient (Wildman–Crippen LogP) is 3.30. The second kappa shape index (κ2) is 10.2. The summed E-state index contributed by atoms with van der Waals surface area (Å²) in [5.74, 6) is 3.37. The molecule has 7 nitrogen and oxygen atoms in total. The molecule has 0 heterocycles. The van der Waals surface area contributed by atoms with E-state index in [2.05, 4.69) is 15.6 Å². The topological polar surface area (TPSA) is 73.3 Å². The van der Waals surface area contributed by atoms with Crippen molar-refractivity contribution in [3.8, 4) is 23.0 Å². The van der Waals surface area contributed by atoms with E-state index in [0.717, 1.165) is 17.8 Å². The van der Waals surface area contributed by atoms with Gasteiger partial charge in [0.1, 0.15) is 0 Å². The molecule has 0 bridgehead atoms. The van der Waals surface area contributed by atoms with Crippen molar-refractivity contribution in [2.24, 2.45) is 4.99 Å². The molecule has 2 aromatic carbocycles. The number of ether oxygens (including phenoxy) is 4. The van der Waals surface area contributed by atoms with Crippen LogP contribution >= 0.6 is 0 Å². The largest absolute Gasteiger partial charge is 0.493 e. The van der Waals surface area contributed by atoms with E-state index in [4.69, 9.17) is 18.9 Å². The third-order valence-electron chi connectivity index (χ3n) is 3.86.